The fourth-order valence-corrected chi connectivity index (χ4v) is 9.57. The second-order valence-corrected chi connectivity index (χ2v) is 17.9. The Morgan fingerprint density at radius 3 is 2.46 bits per heavy atom. The molecule has 320 valence electrons. The van der Waals surface area contributed by atoms with Crippen molar-refractivity contribution in [1.29, 1.82) is 0 Å². The number of hydrogen-bond donors (Lipinski definition) is 2. The summed E-state index contributed by atoms with van der Waals surface area (Å²) in [5.74, 6) is -8.54. The van der Waals surface area contributed by atoms with Crippen molar-refractivity contribution in [2.45, 2.75) is 75.5 Å². The number of aryl methyl sites for hydroxylation is 1. The average Bonchev–Trinajstić information content (AvgIpc) is 3.37. The minimum Gasteiger partial charge on any atom is -0.490 e. The van der Waals surface area contributed by atoms with E-state index in [9.17, 15) is 35.6 Å². The highest BCUT2D eigenvalue weighted by atomic mass is 35.5. The van der Waals surface area contributed by atoms with Crippen LogP contribution < -0.4 is 20.3 Å². The fourth-order valence-electron chi connectivity index (χ4n) is 8.83. The number of aromatic nitrogens is 6. The highest BCUT2D eigenvalue weighted by Crippen LogP contribution is 2.68. The second-order valence-electron chi connectivity index (χ2n) is 15.7. The van der Waals surface area contributed by atoms with Gasteiger partial charge in [-0.1, -0.05) is 11.6 Å². The summed E-state index contributed by atoms with van der Waals surface area (Å²) in [4.78, 5) is 33.9. The molecule has 1 unspecified atom stereocenters. The molecule has 3 aliphatic carbocycles. The van der Waals surface area contributed by atoms with Gasteiger partial charge < -0.3 is 10.1 Å². The monoisotopic (exact) mass is 888 g/mol. The zero-order valence-corrected chi connectivity index (χ0v) is 33.8. The van der Waals surface area contributed by atoms with E-state index in [1.807, 2.05) is 0 Å². The molecule has 1 amide bonds. The maximum atomic E-state index is 15.5. The summed E-state index contributed by atoms with van der Waals surface area (Å²) in [6, 6.07) is 8.57. The summed E-state index contributed by atoms with van der Waals surface area (Å²) in [5.41, 5.74) is -2.39. The molecule has 61 heavy (non-hydrogen) atoms. The number of fused-ring (bicyclic) bond motifs is 5. The molecule has 13 nitrogen and oxygen atoms in total. The van der Waals surface area contributed by atoms with Crippen LogP contribution >= 0.6 is 11.6 Å². The summed E-state index contributed by atoms with van der Waals surface area (Å²) < 4.78 is 125. The first-order valence-corrected chi connectivity index (χ1v) is 21.5. The van der Waals surface area contributed by atoms with Crippen LogP contribution in [0.1, 0.15) is 78.8 Å². The molecule has 2 fully saturated rings. The number of anilines is 1. The van der Waals surface area contributed by atoms with Crippen molar-refractivity contribution in [3.05, 3.63) is 104 Å². The van der Waals surface area contributed by atoms with E-state index in [1.165, 1.54) is 36.0 Å². The standard InChI is InChI=1S/C40H35ClF6N8O5S/c1-53-34-29(10-9-26(41)32(34)37(51-53)52-61(2,58)59)55-38(49-27-15-22(7-8-23(27)39(55)57)60-21-5-3-4-6-21)28(13-18-11-19(42)14-20(43)12-18)48-30(56)17-54-35-31(33(50-54)36(44)45)24-16-25(24)40(35,46)47/h7-12,14-15,21,24-25,28,36H,3-6,13,16-17H2,1-2H3,(H,48,56)(H,51,52)/t24-,25?,28-/m0/s1. The van der Waals surface area contributed by atoms with Crippen LogP contribution in [-0.4, -0.2) is 55.8 Å². The molecule has 0 saturated heterocycles. The van der Waals surface area contributed by atoms with Crippen LogP contribution in [-0.2, 0) is 40.8 Å². The number of alkyl halides is 4. The third-order valence-corrected chi connectivity index (χ3v) is 12.3. The van der Waals surface area contributed by atoms with Gasteiger partial charge >= 0.3 is 0 Å². The van der Waals surface area contributed by atoms with Gasteiger partial charge in [-0.3, -0.25) is 28.2 Å². The van der Waals surface area contributed by atoms with Crippen molar-refractivity contribution < 1.29 is 44.3 Å². The molecule has 2 saturated carbocycles. The number of hydrogen-bond acceptors (Lipinski definition) is 8. The number of carbonyl (C=O) groups is 1. The van der Waals surface area contributed by atoms with E-state index in [-0.39, 0.29) is 67.8 Å². The Kier molecular flexibility index (Phi) is 9.87. The number of halogens is 7. The molecule has 6 aromatic rings. The van der Waals surface area contributed by atoms with Crippen LogP contribution in [0, 0.1) is 17.6 Å². The largest absolute Gasteiger partial charge is 0.490 e. The summed E-state index contributed by atoms with van der Waals surface area (Å²) in [6.07, 6.45) is 0.766. The molecule has 3 aromatic carbocycles. The van der Waals surface area contributed by atoms with Crippen LogP contribution in [0.4, 0.5) is 32.2 Å². The van der Waals surface area contributed by atoms with Crippen LogP contribution in [0.15, 0.2) is 53.3 Å². The van der Waals surface area contributed by atoms with Crippen LogP contribution in [0.2, 0.25) is 5.02 Å². The lowest BCUT2D eigenvalue weighted by Crippen LogP contribution is -2.38. The summed E-state index contributed by atoms with van der Waals surface area (Å²) in [7, 11) is -2.43. The Morgan fingerprint density at radius 2 is 1.77 bits per heavy atom. The van der Waals surface area contributed by atoms with E-state index in [2.05, 4.69) is 20.2 Å². The molecule has 0 radical (unpaired) electrons. The number of ether oxygens (including phenoxy) is 1. The highest BCUT2D eigenvalue weighted by Gasteiger charge is 2.67. The van der Waals surface area contributed by atoms with Crippen molar-refractivity contribution in [3.8, 4) is 11.4 Å². The maximum absolute atomic E-state index is 15.5. The van der Waals surface area contributed by atoms with Crippen LogP contribution in [0.5, 0.6) is 5.75 Å². The number of sulfonamides is 1. The zero-order valence-electron chi connectivity index (χ0n) is 32.2. The summed E-state index contributed by atoms with van der Waals surface area (Å²) in [5, 5.41) is 10.9. The second kappa shape index (κ2) is 14.8. The Labute approximate surface area is 347 Å². The minimum atomic E-state index is -3.90. The Morgan fingerprint density at radius 1 is 1.05 bits per heavy atom. The van der Waals surface area contributed by atoms with Gasteiger partial charge in [0.05, 0.1) is 50.9 Å². The molecule has 9 rings (SSSR count). The summed E-state index contributed by atoms with van der Waals surface area (Å²) in [6.45, 7) is -0.970. The molecule has 0 aliphatic heterocycles. The van der Waals surface area contributed by atoms with Gasteiger partial charge in [-0.05, 0) is 80.0 Å². The van der Waals surface area contributed by atoms with Crippen molar-refractivity contribution in [2.75, 3.05) is 11.0 Å². The van der Waals surface area contributed by atoms with E-state index in [4.69, 9.17) is 21.3 Å². The van der Waals surface area contributed by atoms with Crippen molar-refractivity contribution in [3.63, 3.8) is 0 Å². The van der Waals surface area contributed by atoms with Crippen LogP contribution in [0.3, 0.4) is 0 Å². The number of amides is 1. The Bertz CT molecular complexity index is 2950. The smallest absolute Gasteiger partial charge is 0.293 e. The minimum absolute atomic E-state index is 0.00287. The first-order valence-electron chi connectivity index (χ1n) is 19.3. The Balaban J connectivity index is 1.23. The van der Waals surface area contributed by atoms with E-state index < -0.39 is 87.7 Å². The van der Waals surface area contributed by atoms with E-state index in [0.29, 0.717) is 16.5 Å². The van der Waals surface area contributed by atoms with Gasteiger partial charge in [0.15, 0.2) is 5.82 Å². The van der Waals surface area contributed by atoms with Gasteiger partial charge in [0.2, 0.25) is 15.9 Å². The molecule has 3 aromatic heterocycles. The normalized spacial score (nSPS) is 18.8. The zero-order chi connectivity index (χ0) is 43.3. The van der Waals surface area contributed by atoms with Crippen molar-refractivity contribution >= 4 is 55.2 Å². The summed E-state index contributed by atoms with van der Waals surface area (Å²) >= 11 is 6.62. The van der Waals surface area contributed by atoms with Gasteiger partial charge in [0.25, 0.3) is 17.9 Å². The molecule has 3 aliphatic rings. The van der Waals surface area contributed by atoms with Gasteiger partial charge in [-0.2, -0.15) is 19.0 Å². The highest BCUT2D eigenvalue weighted by molar-refractivity contribution is 7.92. The molecular formula is C40H35ClF6N8O5S. The van der Waals surface area contributed by atoms with Crippen molar-refractivity contribution in [2.24, 2.45) is 13.0 Å². The van der Waals surface area contributed by atoms with E-state index in [1.54, 1.807) is 6.07 Å². The number of nitrogens with zero attached hydrogens (tertiary/aromatic N) is 6. The molecular weight excluding hydrogens is 854 g/mol. The van der Waals surface area contributed by atoms with Gasteiger partial charge in [-0.15, -0.1) is 0 Å². The molecule has 3 heterocycles. The number of nitrogens with one attached hydrogen (secondary N) is 2. The molecule has 0 bridgehead atoms. The van der Waals surface area contributed by atoms with Crippen molar-refractivity contribution in [1.82, 2.24) is 34.4 Å². The SMILES string of the molecule is Cn1nc(NS(C)(=O)=O)c2c(Cl)ccc(-n3c([C@H](Cc4cc(F)cc(F)c4)NC(=O)Cn4nc(C(F)F)c5c4C(F)(F)C4C[C@H]54)nc4cc(OC5CCCC5)ccc4c3=O)c21. The number of rotatable bonds is 12. The molecule has 0 spiro atoms. The van der Waals surface area contributed by atoms with E-state index >= 15 is 8.78 Å². The first kappa shape index (κ1) is 40.8. The van der Waals surface area contributed by atoms with Gasteiger partial charge in [0.1, 0.15) is 41.1 Å². The maximum Gasteiger partial charge on any atom is 0.293 e. The predicted octanol–water partition coefficient (Wildman–Crippen LogP) is 7.34. The lowest BCUT2D eigenvalue weighted by Gasteiger charge is -2.24. The molecule has 21 heteroatoms. The molecule has 3 atom stereocenters. The topological polar surface area (TPSA) is 155 Å². The van der Waals surface area contributed by atoms with Crippen LogP contribution in [0.25, 0.3) is 27.5 Å². The lowest BCUT2D eigenvalue weighted by molar-refractivity contribution is -0.123. The number of benzene rings is 3. The average molecular weight is 889 g/mol. The quantitative estimate of drug-likeness (QED) is 0.121. The number of carbonyl (C=O) groups excluding carboxylic acids is 1. The van der Waals surface area contributed by atoms with E-state index in [0.717, 1.165) is 48.6 Å². The third kappa shape index (κ3) is 7.36. The predicted molar refractivity (Wildman–Crippen MR) is 211 cm³/mol. The fraction of sp³-hybridized carbons (Fsp3) is 0.375. The van der Waals surface area contributed by atoms with Gasteiger partial charge in [-0.25, -0.2) is 31.0 Å². The lowest BCUT2D eigenvalue weighted by atomic mass is 10.0. The third-order valence-electron chi connectivity index (χ3n) is 11.4. The first-order chi connectivity index (χ1) is 28.9. The van der Waals surface area contributed by atoms with Gasteiger partial charge in [0, 0.05) is 37.1 Å². The Hall–Kier alpha value is -5.63. The molecule has 2 N–H and O–H groups in total.